The molecule has 0 bridgehead atoms. The highest BCUT2D eigenvalue weighted by molar-refractivity contribution is 7.92. The SMILES string of the molecule is O=C1CN(S(=O)(=O)c2cccc(NS(=O)(=O)c3ccc(Cl)cc3)c2)CCN1. The molecule has 144 valence electrons. The molecule has 2 aromatic carbocycles. The highest BCUT2D eigenvalue weighted by atomic mass is 35.5. The van der Waals surface area contributed by atoms with Crippen molar-refractivity contribution in [2.24, 2.45) is 0 Å². The van der Waals surface area contributed by atoms with Gasteiger partial charge in [-0.05, 0) is 42.5 Å². The van der Waals surface area contributed by atoms with Gasteiger partial charge in [-0.25, -0.2) is 16.8 Å². The average Bonchev–Trinajstić information content (AvgIpc) is 2.62. The number of nitrogens with zero attached hydrogens (tertiary/aromatic N) is 1. The number of carbonyl (C=O) groups excluding carboxylic acids is 1. The smallest absolute Gasteiger partial charge is 0.261 e. The van der Waals surface area contributed by atoms with Crippen LogP contribution in [0.25, 0.3) is 0 Å². The number of hydrogen-bond acceptors (Lipinski definition) is 5. The van der Waals surface area contributed by atoms with E-state index in [1.165, 1.54) is 48.5 Å². The molecule has 1 aliphatic rings. The fourth-order valence-electron chi connectivity index (χ4n) is 2.52. The van der Waals surface area contributed by atoms with Crippen molar-refractivity contribution in [1.29, 1.82) is 0 Å². The van der Waals surface area contributed by atoms with E-state index in [2.05, 4.69) is 10.0 Å². The van der Waals surface area contributed by atoms with Crippen LogP contribution in [-0.2, 0) is 24.8 Å². The monoisotopic (exact) mass is 429 g/mol. The molecule has 0 atom stereocenters. The Kier molecular flexibility index (Phi) is 5.43. The molecule has 0 radical (unpaired) electrons. The van der Waals surface area contributed by atoms with Crippen LogP contribution in [0.4, 0.5) is 5.69 Å². The van der Waals surface area contributed by atoms with Crippen LogP contribution in [0.2, 0.25) is 5.02 Å². The topological polar surface area (TPSA) is 113 Å². The molecule has 0 saturated carbocycles. The van der Waals surface area contributed by atoms with E-state index < -0.39 is 20.0 Å². The Bertz CT molecular complexity index is 1070. The van der Waals surface area contributed by atoms with Gasteiger partial charge >= 0.3 is 0 Å². The van der Waals surface area contributed by atoms with Gasteiger partial charge in [0.05, 0.1) is 22.0 Å². The van der Waals surface area contributed by atoms with Gasteiger partial charge in [0.2, 0.25) is 15.9 Å². The van der Waals surface area contributed by atoms with E-state index in [-0.39, 0.29) is 41.0 Å². The minimum atomic E-state index is -3.92. The molecule has 0 spiro atoms. The second-order valence-electron chi connectivity index (χ2n) is 5.78. The molecular weight excluding hydrogens is 414 g/mol. The summed E-state index contributed by atoms with van der Waals surface area (Å²) in [5.74, 6) is -0.385. The maximum atomic E-state index is 12.7. The molecule has 1 heterocycles. The zero-order chi connectivity index (χ0) is 19.7. The summed E-state index contributed by atoms with van der Waals surface area (Å²) in [6.07, 6.45) is 0. The van der Waals surface area contributed by atoms with Crippen LogP contribution in [0.3, 0.4) is 0 Å². The molecule has 1 saturated heterocycles. The van der Waals surface area contributed by atoms with E-state index in [4.69, 9.17) is 11.6 Å². The van der Waals surface area contributed by atoms with Crippen molar-refractivity contribution in [3.05, 3.63) is 53.6 Å². The summed E-state index contributed by atoms with van der Waals surface area (Å²) in [6, 6.07) is 11.0. The number of benzene rings is 2. The first-order valence-electron chi connectivity index (χ1n) is 7.84. The third kappa shape index (κ3) is 4.41. The number of sulfonamides is 2. The number of carbonyl (C=O) groups is 1. The van der Waals surface area contributed by atoms with Crippen molar-refractivity contribution in [2.45, 2.75) is 9.79 Å². The molecule has 1 aliphatic heterocycles. The maximum absolute atomic E-state index is 12.7. The number of rotatable bonds is 5. The summed E-state index contributed by atoms with van der Waals surface area (Å²) in [4.78, 5) is 11.4. The lowest BCUT2D eigenvalue weighted by molar-refractivity contribution is -0.122. The maximum Gasteiger partial charge on any atom is 0.261 e. The lowest BCUT2D eigenvalue weighted by Gasteiger charge is -2.26. The summed E-state index contributed by atoms with van der Waals surface area (Å²) < 4.78 is 53.7. The van der Waals surface area contributed by atoms with Crippen LogP contribution < -0.4 is 10.0 Å². The number of hydrogen-bond donors (Lipinski definition) is 2. The number of halogens is 1. The molecule has 0 aliphatic carbocycles. The molecule has 27 heavy (non-hydrogen) atoms. The summed E-state index contributed by atoms with van der Waals surface area (Å²) in [6.45, 7) is 0.0960. The molecular formula is C16H16ClN3O5S2. The van der Waals surface area contributed by atoms with Crippen LogP contribution in [0.1, 0.15) is 0 Å². The van der Waals surface area contributed by atoms with Crippen molar-refractivity contribution >= 4 is 43.2 Å². The number of nitrogens with one attached hydrogen (secondary N) is 2. The van der Waals surface area contributed by atoms with E-state index >= 15 is 0 Å². The van der Waals surface area contributed by atoms with Crippen molar-refractivity contribution in [3.8, 4) is 0 Å². The number of piperazine rings is 1. The fraction of sp³-hybridized carbons (Fsp3) is 0.188. The highest BCUT2D eigenvalue weighted by Crippen LogP contribution is 2.23. The zero-order valence-corrected chi connectivity index (χ0v) is 16.3. The Morgan fingerprint density at radius 3 is 2.37 bits per heavy atom. The number of anilines is 1. The average molecular weight is 430 g/mol. The van der Waals surface area contributed by atoms with E-state index in [0.717, 1.165) is 4.31 Å². The first-order valence-corrected chi connectivity index (χ1v) is 11.1. The van der Waals surface area contributed by atoms with Crippen LogP contribution >= 0.6 is 11.6 Å². The van der Waals surface area contributed by atoms with E-state index in [9.17, 15) is 21.6 Å². The minimum absolute atomic E-state index is 0.00661. The quantitative estimate of drug-likeness (QED) is 0.743. The van der Waals surface area contributed by atoms with Crippen molar-refractivity contribution < 1.29 is 21.6 Å². The molecule has 3 rings (SSSR count). The van der Waals surface area contributed by atoms with Crippen LogP contribution in [0.5, 0.6) is 0 Å². The Morgan fingerprint density at radius 2 is 1.70 bits per heavy atom. The Balaban J connectivity index is 1.87. The second kappa shape index (κ2) is 7.47. The van der Waals surface area contributed by atoms with Gasteiger partial charge in [0.25, 0.3) is 10.0 Å². The lowest BCUT2D eigenvalue weighted by atomic mass is 10.3. The predicted octanol–water partition coefficient (Wildman–Crippen LogP) is 1.26. The van der Waals surface area contributed by atoms with Crippen molar-refractivity contribution in [2.75, 3.05) is 24.4 Å². The van der Waals surface area contributed by atoms with E-state index in [1.54, 1.807) is 0 Å². The van der Waals surface area contributed by atoms with Crippen molar-refractivity contribution in [1.82, 2.24) is 9.62 Å². The normalized spacial score (nSPS) is 16.0. The van der Waals surface area contributed by atoms with Gasteiger partial charge in [-0.3, -0.25) is 9.52 Å². The van der Waals surface area contributed by atoms with Gasteiger partial charge in [0.1, 0.15) is 0 Å². The van der Waals surface area contributed by atoms with E-state index in [0.29, 0.717) is 5.02 Å². The van der Waals surface area contributed by atoms with E-state index in [1.807, 2.05) is 0 Å². The molecule has 2 aromatic rings. The third-order valence-electron chi connectivity index (χ3n) is 3.85. The molecule has 2 N–H and O–H groups in total. The third-order valence-corrected chi connectivity index (χ3v) is 7.34. The zero-order valence-electron chi connectivity index (χ0n) is 13.9. The Hall–Kier alpha value is -2.14. The van der Waals surface area contributed by atoms with Gasteiger partial charge in [-0.1, -0.05) is 17.7 Å². The molecule has 8 nitrogen and oxygen atoms in total. The second-order valence-corrected chi connectivity index (χ2v) is 9.83. The van der Waals surface area contributed by atoms with Gasteiger partial charge < -0.3 is 5.32 Å². The number of amides is 1. The Morgan fingerprint density at radius 1 is 1.00 bits per heavy atom. The van der Waals surface area contributed by atoms with Crippen LogP contribution in [0, 0.1) is 0 Å². The summed E-state index contributed by atoms with van der Waals surface area (Å²) in [5, 5.41) is 2.95. The first kappa shape index (κ1) is 19.6. The van der Waals surface area contributed by atoms with Gasteiger partial charge in [0.15, 0.2) is 0 Å². The Labute approximate surface area is 162 Å². The standard InChI is InChI=1S/C16H16ClN3O5S2/c17-12-4-6-14(7-5-12)26(22,23)19-13-2-1-3-15(10-13)27(24,25)20-9-8-18-16(21)11-20/h1-7,10,19H,8-9,11H2,(H,18,21). The van der Waals surface area contributed by atoms with Gasteiger partial charge in [-0.2, -0.15) is 4.31 Å². The molecule has 11 heteroatoms. The van der Waals surface area contributed by atoms with Gasteiger partial charge in [-0.15, -0.1) is 0 Å². The predicted molar refractivity (Wildman–Crippen MR) is 100 cm³/mol. The largest absolute Gasteiger partial charge is 0.354 e. The molecule has 0 aromatic heterocycles. The van der Waals surface area contributed by atoms with Gasteiger partial charge in [0, 0.05) is 18.1 Å². The molecule has 1 amide bonds. The van der Waals surface area contributed by atoms with Crippen molar-refractivity contribution in [3.63, 3.8) is 0 Å². The highest BCUT2D eigenvalue weighted by Gasteiger charge is 2.29. The van der Waals surface area contributed by atoms with Crippen LogP contribution in [-0.4, -0.2) is 46.7 Å². The first-order chi connectivity index (χ1) is 12.7. The minimum Gasteiger partial charge on any atom is -0.354 e. The molecule has 1 fully saturated rings. The summed E-state index contributed by atoms with van der Waals surface area (Å²) >= 11 is 5.76. The summed E-state index contributed by atoms with van der Waals surface area (Å²) in [7, 11) is -7.83. The molecule has 0 unspecified atom stereocenters. The fourth-order valence-corrected chi connectivity index (χ4v) is 5.14. The van der Waals surface area contributed by atoms with Crippen LogP contribution in [0.15, 0.2) is 58.3 Å². The lowest BCUT2D eigenvalue weighted by Crippen LogP contribution is -2.49. The summed E-state index contributed by atoms with van der Waals surface area (Å²) in [5.41, 5.74) is 0.0903.